The van der Waals surface area contributed by atoms with Crippen molar-refractivity contribution >= 4 is 0 Å². The summed E-state index contributed by atoms with van der Waals surface area (Å²) in [5.41, 5.74) is 5.13. The van der Waals surface area contributed by atoms with Gasteiger partial charge in [0.15, 0.2) is 0 Å². The highest BCUT2D eigenvalue weighted by Gasteiger charge is 2.30. The highest BCUT2D eigenvalue weighted by atomic mass is 16.5. The molecule has 2 aromatic rings. The number of ether oxygens (including phenoxy) is 1. The lowest BCUT2D eigenvalue weighted by atomic mass is 9.93. The molecule has 1 aliphatic heterocycles. The monoisotopic (exact) mass is 281 g/mol. The summed E-state index contributed by atoms with van der Waals surface area (Å²) in [5.74, 6) is 1.03. The Morgan fingerprint density at radius 2 is 1.90 bits per heavy atom. The van der Waals surface area contributed by atoms with E-state index >= 15 is 0 Å². The Labute approximate surface area is 127 Å². The zero-order valence-electron chi connectivity index (χ0n) is 13.2. The molecule has 1 atom stereocenters. The van der Waals surface area contributed by atoms with Crippen LogP contribution in [0, 0.1) is 0 Å². The Kier molecular flexibility index (Phi) is 3.50. The van der Waals surface area contributed by atoms with E-state index in [9.17, 15) is 0 Å². The van der Waals surface area contributed by atoms with Crippen molar-refractivity contribution in [2.75, 3.05) is 7.05 Å². The van der Waals surface area contributed by atoms with E-state index < -0.39 is 0 Å². The molecule has 0 aliphatic carbocycles. The minimum absolute atomic E-state index is 0.0846. The van der Waals surface area contributed by atoms with Crippen molar-refractivity contribution < 1.29 is 4.74 Å². The molecule has 0 saturated carbocycles. The molecule has 0 saturated heterocycles. The topological polar surface area (TPSA) is 21.3 Å². The van der Waals surface area contributed by atoms with Gasteiger partial charge < -0.3 is 10.1 Å². The summed E-state index contributed by atoms with van der Waals surface area (Å²) in [7, 11) is 2.00. The van der Waals surface area contributed by atoms with Crippen LogP contribution in [-0.4, -0.2) is 12.6 Å². The first kappa shape index (κ1) is 14.2. The summed E-state index contributed by atoms with van der Waals surface area (Å²) in [4.78, 5) is 0. The third-order valence-corrected chi connectivity index (χ3v) is 4.23. The summed E-state index contributed by atoms with van der Waals surface area (Å²) in [6, 6.07) is 15.5. The van der Waals surface area contributed by atoms with Crippen LogP contribution in [0.25, 0.3) is 11.1 Å². The minimum Gasteiger partial charge on any atom is -0.487 e. The van der Waals surface area contributed by atoms with Crippen LogP contribution >= 0.6 is 0 Å². The van der Waals surface area contributed by atoms with Crippen molar-refractivity contribution in [2.24, 2.45) is 0 Å². The van der Waals surface area contributed by atoms with E-state index in [0.717, 1.165) is 12.2 Å². The Hall–Kier alpha value is -1.80. The summed E-state index contributed by atoms with van der Waals surface area (Å²) < 4.78 is 5.97. The van der Waals surface area contributed by atoms with Gasteiger partial charge in [0.2, 0.25) is 0 Å². The molecule has 1 N–H and O–H groups in total. The highest BCUT2D eigenvalue weighted by Crippen LogP contribution is 2.38. The van der Waals surface area contributed by atoms with Crippen molar-refractivity contribution in [3.8, 4) is 16.9 Å². The SMILES string of the molecule is CNC(C)c1ccccc1-c1ccc2c(c1)CC(C)(C)O2. The maximum absolute atomic E-state index is 5.97. The number of hydrogen-bond acceptors (Lipinski definition) is 2. The summed E-state index contributed by atoms with van der Waals surface area (Å²) >= 11 is 0. The molecule has 0 spiro atoms. The standard InChI is InChI=1S/C19H23NO/c1-13(20-4)16-7-5-6-8-17(16)14-9-10-18-15(11-14)12-19(2,3)21-18/h5-11,13,20H,12H2,1-4H3. The first-order valence-electron chi connectivity index (χ1n) is 7.59. The third-order valence-electron chi connectivity index (χ3n) is 4.23. The fourth-order valence-corrected chi connectivity index (χ4v) is 3.07. The number of fused-ring (bicyclic) bond motifs is 1. The molecule has 1 heterocycles. The van der Waals surface area contributed by atoms with Gasteiger partial charge in [-0.1, -0.05) is 30.3 Å². The molecule has 3 rings (SSSR count). The van der Waals surface area contributed by atoms with Gasteiger partial charge in [-0.05, 0) is 62.2 Å². The molecular weight excluding hydrogens is 258 g/mol. The molecule has 110 valence electrons. The van der Waals surface area contributed by atoms with E-state index in [1.807, 2.05) is 7.05 Å². The second kappa shape index (κ2) is 5.19. The Bertz CT molecular complexity index is 660. The van der Waals surface area contributed by atoms with Gasteiger partial charge in [0.1, 0.15) is 11.4 Å². The van der Waals surface area contributed by atoms with Crippen LogP contribution in [0.15, 0.2) is 42.5 Å². The zero-order valence-corrected chi connectivity index (χ0v) is 13.2. The second-order valence-electron chi connectivity index (χ2n) is 6.46. The molecule has 1 unspecified atom stereocenters. The van der Waals surface area contributed by atoms with E-state index in [1.54, 1.807) is 0 Å². The molecule has 0 radical (unpaired) electrons. The van der Waals surface area contributed by atoms with E-state index in [2.05, 4.69) is 68.6 Å². The second-order valence-corrected chi connectivity index (χ2v) is 6.46. The first-order chi connectivity index (χ1) is 10.00. The maximum atomic E-state index is 5.97. The Morgan fingerprint density at radius 1 is 1.14 bits per heavy atom. The van der Waals surface area contributed by atoms with Gasteiger partial charge in [-0.15, -0.1) is 0 Å². The lowest BCUT2D eigenvalue weighted by Crippen LogP contribution is -2.24. The summed E-state index contributed by atoms with van der Waals surface area (Å²) in [6.07, 6.45) is 0.972. The third kappa shape index (κ3) is 2.68. The molecule has 1 aliphatic rings. The number of nitrogens with one attached hydrogen (secondary N) is 1. The van der Waals surface area contributed by atoms with Crippen molar-refractivity contribution in [1.29, 1.82) is 0 Å². The predicted octanol–water partition coefficient (Wildman–Crippen LogP) is 4.35. The largest absolute Gasteiger partial charge is 0.487 e. The van der Waals surface area contributed by atoms with E-state index in [-0.39, 0.29) is 5.60 Å². The van der Waals surface area contributed by atoms with E-state index in [1.165, 1.54) is 22.3 Å². The number of hydrogen-bond donors (Lipinski definition) is 1. The quantitative estimate of drug-likeness (QED) is 0.903. The average molecular weight is 281 g/mol. The zero-order chi connectivity index (χ0) is 15.0. The van der Waals surface area contributed by atoms with Gasteiger partial charge in [0, 0.05) is 12.5 Å². The van der Waals surface area contributed by atoms with E-state index in [4.69, 9.17) is 4.74 Å². The van der Waals surface area contributed by atoms with Crippen LogP contribution < -0.4 is 10.1 Å². The summed E-state index contributed by atoms with van der Waals surface area (Å²) in [5, 5.41) is 3.33. The maximum Gasteiger partial charge on any atom is 0.123 e. The predicted molar refractivity (Wildman–Crippen MR) is 87.8 cm³/mol. The number of benzene rings is 2. The highest BCUT2D eigenvalue weighted by molar-refractivity contribution is 5.70. The first-order valence-corrected chi connectivity index (χ1v) is 7.59. The van der Waals surface area contributed by atoms with Crippen LogP contribution in [-0.2, 0) is 6.42 Å². The van der Waals surface area contributed by atoms with Gasteiger partial charge in [-0.2, -0.15) is 0 Å². The van der Waals surface area contributed by atoms with Crippen LogP contribution in [0.5, 0.6) is 5.75 Å². The molecule has 2 nitrogen and oxygen atoms in total. The molecule has 2 aromatic carbocycles. The Morgan fingerprint density at radius 3 is 2.67 bits per heavy atom. The fourth-order valence-electron chi connectivity index (χ4n) is 3.07. The number of rotatable bonds is 3. The molecule has 0 amide bonds. The van der Waals surface area contributed by atoms with Gasteiger partial charge in [-0.3, -0.25) is 0 Å². The fraction of sp³-hybridized carbons (Fsp3) is 0.368. The molecule has 2 heteroatoms. The Balaban J connectivity index is 2.04. The van der Waals surface area contributed by atoms with Gasteiger partial charge >= 0.3 is 0 Å². The van der Waals surface area contributed by atoms with Gasteiger partial charge in [0.05, 0.1) is 0 Å². The minimum atomic E-state index is -0.0846. The van der Waals surface area contributed by atoms with Crippen LogP contribution in [0.3, 0.4) is 0 Å². The van der Waals surface area contributed by atoms with Crippen LogP contribution in [0.2, 0.25) is 0 Å². The van der Waals surface area contributed by atoms with E-state index in [0.29, 0.717) is 6.04 Å². The lowest BCUT2D eigenvalue weighted by molar-refractivity contribution is 0.138. The molecule has 21 heavy (non-hydrogen) atoms. The van der Waals surface area contributed by atoms with Gasteiger partial charge in [0.25, 0.3) is 0 Å². The molecular formula is C19H23NO. The normalized spacial score (nSPS) is 17.1. The van der Waals surface area contributed by atoms with Crippen molar-refractivity contribution in [1.82, 2.24) is 5.32 Å². The molecule has 0 fully saturated rings. The molecule has 0 bridgehead atoms. The smallest absolute Gasteiger partial charge is 0.123 e. The summed E-state index contributed by atoms with van der Waals surface area (Å²) in [6.45, 7) is 6.48. The van der Waals surface area contributed by atoms with Crippen LogP contribution in [0.1, 0.15) is 37.9 Å². The van der Waals surface area contributed by atoms with Crippen molar-refractivity contribution in [2.45, 2.75) is 38.8 Å². The average Bonchev–Trinajstić information content (AvgIpc) is 2.79. The lowest BCUT2D eigenvalue weighted by Gasteiger charge is -2.16. The molecule has 0 aromatic heterocycles. The van der Waals surface area contributed by atoms with Crippen molar-refractivity contribution in [3.05, 3.63) is 53.6 Å². The van der Waals surface area contributed by atoms with Crippen molar-refractivity contribution in [3.63, 3.8) is 0 Å². The van der Waals surface area contributed by atoms with Gasteiger partial charge in [-0.25, -0.2) is 0 Å². The van der Waals surface area contributed by atoms with Crippen LogP contribution in [0.4, 0.5) is 0 Å².